The van der Waals surface area contributed by atoms with Crippen molar-refractivity contribution in [3.05, 3.63) is 71.8 Å². The molecule has 1 N–H and O–H groups in total. The number of esters is 1. The number of thiocarbonyl (C=S) groups is 1. The van der Waals surface area contributed by atoms with E-state index in [1.807, 2.05) is 60.7 Å². The van der Waals surface area contributed by atoms with Gasteiger partial charge in [-0.15, -0.1) is 0 Å². The average Bonchev–Trinajstić information content (AvgIpc) is 2.62. The van der Waals surface area contributed by atoms with Crippen LogP contribution in [0, 0.1) is 5.92 Å². The normalized spacial score (nSPS) is 20.0. The van der Waals surface area contributed by atoms with Gasteiger partial charge in [0, 0.05) is 0 Å². The molecule has 2 aromatic carbocycles. The lowest BCUT2D eigenvalue weighted by Gasteiger charge is -2.32. The molecule has 1 aliphatic heterocycles. The van der Waals surface area contributed by atoms with E-state index in [4.69, 9.17) is 17.0 Å². The molecule has 0 saturated heterocycles. The van der Waals surface area contributed by atoms with E-state index in [1.54, 1.807) is 6.92 Å². The van der Waals surface area contributed by atoms with Crippen molar-refractivity contribution in [3.63, 3.8) is 0 Å². The molecular weight excluding hydrogens is 320 g/mol. The highest BCUT2D eigenvalue weighted by Gasteiger charge is 2.39. The molecule has 2 unspecified atom stereocenters. The van der Waals surface area contributed by atoms with Crippen LogP contribution >= 0.6 is 12.2 Å². The number of carbonyl (C=O) groups excluding carboxylic acids is 1. The summed E-state index contributed by atoms with van der Waals surface area (Å²) >= 11 is 5.31. The molecule has 0 bridgehead atoms. The van der Waals surface area contributed by atoms with Crippen LogP contribution in [0.25, 0.3) is 0 Å². The number of rotatable bonds is 4. The molecule has 4 nitrogen and oxygen atoms in total. The highest BCUT2D eigenvalue weighted by molar-refractivity contribution is 7.80. The van der Waals surface area contributed by atoms with Gasteiger partial charge < -0.3 is 10.1 Å². The molecule has 2 atom stereocenters. The summed E-state index contributed by atoms with van der Waals surface area (Å²) in [6, 6.07) is 19.1. The van der Waals surface area contributed by atoms with Gasteiger partial charge in [0.2, 0.25) is 0 Å². The highest BCUT2D eigenvalue weighted by atomic mass is 32.1. The van der Waals surface area contributed by atoms with Crippen molar-refractivity contribution in [2.45, 2.75) is 13.0 Å². The number of nitrogens with one attached hydrogen (secondary N) is 1. The van der Waals surface area contributed by atoms with E-state index < -0.39 is 5.92 Å². The predicted molar refractivity (Wildman–Crippen MR) is 98.0 cm³/mol. The second-order valence-electron chi connectivity index (χ2n) is 5.43. The van der Waals surface area contributed by atoms with E-state index in [2.05, 4.69) is 10.3 Å². The molecule has 2 aromatic rings. The molecule has 3 rings (SSSR count). The Balaban J connectivity index is 2.08. The van der Waals surface area contributed by atoms with E-state index >= 15 is 0 Å². The van der Waals surface area contributed by atoms with Crippen molar-refractivity contribution in [1.29, 1.82) is 0 Å². The van der Waals surface area contributed by atoms with E-state index in [-0.39, 0.29) is 12.0 Å². The second kappa shape index (κ2) is 7.36. The lowest BCUT2D eigenvalue weighted by atomic mass is 9.85. The molecule has 1 heterocycles. The molecule has 24 heavy (non-hydrogen) atoms. The van der Waals surface area contributed by atoms with Gasteiger partial charge in [0.15, 0.2) is 5.11 Å². The minimum absolute atomic E-state index is 0.301. The van der Waals surface area contributed by atoms with Crippen molar-refractivity contribution in [1.82, 2.24) is 5.32 Å². The number of hydrogen-bond acceptors (Lipinski definition) is 3. The molecule has 5 heteroatoms. The maximum Gasteiger partial charge on any atom is 0.317 e. The Bertz CT molecular complexity index is 759. The SMILES string of the molecule is CCOC(=O)C1C(c2ccccc2)=NC(=S)NC1c1ccccc1. The lowest BCUT2D eigenvalue weighted by molar-refractivity contribution is -0.146. The van der Waals surface area contributed by atoms with E-state index in [0.29, 0.717) is 17.4 Å². The Kier molecular flexibility index (Phi) is 5.01. The Hall–Kier alpha value is -2.53. The number of carbonyl (C=O) groups is 1. The molecule has 122 valence electrons. The highest BCUT2D eigenvalue weighted by Crippen LogP contribution is 2.30. The average molecular weight is 338 g/mol. The zero-order valence-corrected chi connectivity index (χ0v) is 14.1. The van der Waals surface area contributed by atoms with Crippen LogP contribution in [0.3, 0.4) is 0 Å². The zero-order valence-electron chi connectivity index (χ0n) is 13.3. The Labute approximate surface area is 146 Å². The third-order valence-electron chi connectivity index (χ3n) is 3.90. The minimum atomic E-state index is -0.554. The zero-order chi connectivity index (χ0) is 16.9. The van der Waals surface area contributed by atoms with Crippen LogP contribution in [-0.2, 0) is 9.53 Å². The first-order valence-corrected chi connectivity index (χ1v) is 8.27. The summed E-state index contributed by atoms with van der Waals surface area (Å²) in [6.07, 6.45) is 0. The third kappa shape index (κ3) is 3.36. The van der Waals surface area contributed by atoms with Gasteiger partial charge in [-0.3, -0.25) is 4.79 Å². The Morgan fingerprint density at radius 2 is 1.75 bits per heavy atom. The van der Waals surface area contributed by atoms with Crippen LogP contribution in [0.15, 0.2) is 65.7 Å². The van der Waals surface area contributed by atoms with Crippen molar-refractivity contribution in [3.8, 4) is 0 Å². The number of benzene rings is 2. The summed E-state index contributed by atoms with van der Waals surface area (Å²) in [5.41, 5.74) is 2.49. The fraction of sp³-hybridized carbons (Fsp3) is 0.211. The summed E-state index contributed by atoms with van der Waals surface area (Å²) in [5.74, 6) is -0.856. The molecule has 0 aromatic heterocycles. The maximum atomic E-state index is 12.7. The monoisotopic (exact) mass is 338 g/mol. The van der Waals surface area contributed by atoms with Crippen LogP contribution in [-0.4, -0.2) is 23.4 Å². The number of aliphatic imine (C=N–C) groups is 1. The lowest BCUT2D eigenvalue weighted by Crippen LogP contribution is -2.45. The summed E-state index contributed by atoms with van der Waals surface area (Å²) in [6.45, 7) is 2.12. The third-order valence-corrected chi connectivity index (χ3v) is 4.11. The first-order chi connectivity index (χ1) is 11.7. The van der Waals surface area contributed by atoms with E-state index in [1.165, 1.54) is 0 Å². The van der Waals surface area contributed by atoms with Crippen molar-refractivity contribution in [2.24, 2.45) is 10.9 Å². The smallest absolute Gasteiger partial charge is 0.317 e. The summed E-state index contributed by atoms with van der Waals surface area (Å²) in [4.78, 5) is 17.1. The maximum absolute atomic E-state index is 12.7. The van der Waals surface area contributed by atoms with E-state index in [0.717, 1.165) is 11.1 Å². The van der Waals surface area contributed by atoms with Gasteiger partial charge in [-0.05, 0) is 30.3 Å². The molecule has 0 amide bonds. The first kappa shape index (κ1) is 16.3. The van der Waals surface area contributed by atoms with Crippen molar-refractivity contribution >= 4 is 29.0 Å². The van der Waals surface area contributed by atoms with Crippen molar-refractivity contribution in [2.75, 3.05) is 6.61 Å². The minimum Gasteiger partial charge on any atom is -0.465 e. The molecule has 0 spiro atoms. The van der Waals surface area contributed by atoms with Crippen LogP contribution < -0.4 is 5.32 Å². The largest absolute Gasteiger partial charge is 0.465 e. The van der Waals surface area contributed by atoms with Gasteiger partial charge in [0.05, 0.1) is 18.4 Å². The van der Waals surface area contributed by atoms with E-state index in [9.17, 15) is 4.79 Å². The van der Waals surface area contributed by atoms with Crippen molar-refractivity contribution < 1.29 is 9.53 Å². The summed E-state index contributed by atoms with van der Waals surface area (Å²) in [7, 11) is 0. The summed E-state index contributed by atoms with van der Waals surface area (Å²) < 4.78 is 5.32. The quantitative estimate of drug-likeness (QED) is 0.686. The second-order valence-corrected chi connectivity index (χ2v) is 5.82. The van der Waals surface area contributed by atoms with Gasteiger partial charge in [0.1, 0.15) is 5.92 Å². The Morgan fingerprint density at radius 3 is 2.38 bits per heavy atom. The molecule has 0 radical (unpaired) electrons. The van der Waals surface area contributed by atoms with Crippen LogP contribution in [0.1, 0.15) is 24.1 Å². The Morgan fingerprint density at radius 1 is 1.12 bits per heavy atom. The number of ether oxygens (including phenoxy) is 1. The van der Waals surface area contributed by atoms with Gasteiger partial charge in [0.25, 0.3) is 0 Å². The standard InChI is InChI=1S/C19H18N2O2S/c1-2-23-18(22)15-16(13-9-5-3-6-10-13)20-19(24)21-17(15)14-11-7-4-8-12-14/h3-12,15-16H,2H2,1H3,(H,20,24). The van der Waals surface area contributed by atoms with Gasteiger partial charge in [-0.25, -0.2) is 4.99 Å². The molecule has 0 saturated carbocycles. The van der Waals surface area contributed by atoms with Crippen LogP contribution in [0.2, 0.25) is 0 Å². The molecular formula is C19H18N2O2S. The molecule has 0 fully saturated rings. The number of nitrogens with zero attached hydrogens (tertiary/aromatic N) is 1. The van der Waals surface area contributed by atoms with Crippen LogP contribution in [0.4, 0.5) is 0 Å². The van der Waals surface area contributed by atoms with Gasteiger partial charge >= 0.3 is 5.97 Å². The topological polar surface area (TPSA) is 50.7 Å². The number of hydrogen-bond donors (Lipinski definition) is 1. The van der Waals surface area contributed by atoms with Gasteiger partial charge in [-0.1, -0.05) is 60.7 Å². The summed E-state index contributed by atoms with van der Waals surface area (Å²) in [5, 5.41) is 3.54. The van der Waals surface area contributed by atoms with Gasteiger partial charge in [-0.2, -0.15) is 0 Å². The predicted octanol–water partition coefficient (Wildman–Crippen LogP) is 3.28. The molecule has 0 aliphatic carbocycles. The first-order valence-electron chi connectivity index (χ1n) is 7.86. The fourth-order valence-electron chi connectivity index (χ4n) is 2.85. The molecule has 1 aliphatic rings. The van der Waals surface area contributed by atoms with Crippen LogP contribution in [0.5, 0.6) is 0 Å². The fourth-order valence-corrected chi connectivity index (χ4v) is 3.08.